The average Bonchev–Trinajstić information content (AvgIpc) is 3.28. The third-order valence-corrected chi connectivity index (χ3v) is 5.96. The fourth-order valence-electron chi connectivity index (χ4n) is 4.14. The molecule has 8 heteroatoms. The molecule has 0 aliphatic carbocycles. The normalized spacial score (nSPS) is 16.2. The summed E-state index contributed by atoms with van der Waals surface area (Å²) in [6, 6.07) is 12.6. The van der Waals surface area contributed by atoms with Crippen molar-refractivity contribution in [1.82, 2.24) is 10.2 Å². The van der Waals surface area contributed by atoms with Crippen LogP contribution in [0.3, 0.4) is 0 Å². The summed E-state index contributed by atoms with van der Waals surface area (Å²) in [7, 11) is 0. The van der Waals surface area contributed by atoms with Gasteiger partial charge in [0.1, 0.15) is 6.04 Å². The molecule has 174 valence electrons. The van der Waals surface area contributed by atoms with E-state index < -0.39 is 12.0 Å². The molecule has 2 aliphatic heterocycles. The molecule has 1 N–H and O–H groups in total. The van der Waals surface area contributed by atoms with Crippen molar-refractivity contribution in [2.75, 3.05) is 44.4 Å². The molecule has 33 heavy (non-hydrogen) atoms. The van der Waals surface area contributed by atoms with Crippen LogP contribution < -0.4 is 10.2 Å². The minimum absolute atomic E-state index is 0.0255. The van der Waals surface area contributed by atoms with Crippen molar-refractivity contribution in [2.24, 2.45) is 0 Å². The first-order valence-corrected chi connectivity index (χ1v) is 11.3. The lowest BCUT2D eigenvalue weighted by Gasteiger charge is -2.26. The number of urea groups is 1. The highest BCUT2D eigenvalue weighted by molar-refractivity contribution is 5.97. The van der Waals surface area contributed by atoms with Crippen LogP contribution in [0.5, 0.6) is 0 Å². The van der Waals surface area contributed by atoms with Crippen molar-refractivity contribution in [3.8, 4) is 11.1 Å². The maximum absolute atomic E-state index is 12.7. The van der Waals surface area contributed by atoms with Crippen molar-refractivity contribution >= 4 is 23.6 Å². The number of carbonyl (C=O) groups is 3. The Morgan fingerprint density at radius 2 is 1.73 bits per heavy atom. The number of rotatable bonds is 5. The number of morpholine rings is 1. The van der Waals surface area contributed by atoms with Crippen molar-refractivity contribution in [2.45, 2.75) is 26.3 Å². The number of carbonyl (C=O) groups excluding carboxylic acids is 3. The Morgan fingerprint density at radius 3 is 2.42 bits per heavy atom. The molecule has 2 aromatic carbocycles. The number of amides is 3. The first-order valence-electron chi connectivity index (χ1n) is 11.3. The van der Waals surface area contributed by atoms with E-state index in [1.54, 1.807) is 18.7 Å². The number of esters is 1. The highest BCUT2D eigenvalue weighted by Gasteiger charge is 2.27. The zero-order chi connectivity index (χ0) is 23.4. The van der Waals surface area contributed by atoms with Gasteiger partial charge in [0.15, 0.2) is 0 Å². The van der Waals surface area contributed by atoms with Crippen molar-refractivity contribution in [1.29, 1.82) is 0 Å². The summed E-state index contributed by atoms with van der Waals surface area (Å²) in [6.07, 6.45) is 0.734. The van der Waals surface area contributed by atoms with Crippen LogP contribution in [0.1, 0.15) is 29.8 Å². The van der Waals surface area contributed by atoms with E-state index in [4.69, 9.17) is 9.47 Å². The van der Waals surface area contributed by atoms with Crippen LogP contribution in [0, 0.1) is 0 Å². The van der Waals surface area contributed by atoms with Gasteiger partial charge in [-0.1, -0.05) is 18.2 Å². The minimum atomic E-state index is -0.709. The van der Waals surface area contributed by atoms with Crippen LogP contribution in [-0.4, -0.2) is 68.3 Å². The average molecular weight is 452 g/mol. The second-order valence-electron chi connectivity index (χ2n) is 8.15. The molecule has 0 aromatic heterocycles. The van der Waals surface area contributed by atoms with E-state index in [1.807, 2.05) is 41.3 Å². The second kappa shape index (κ2) is 10.0. The molecule has 0 bridgehead atoms. The minimum Gasteiger partial charge on any atom is -0.464 e. The van der Waals surface area contributed by atoms with Gasteiger partial charge >= 0.3 is 12.0 Å². The first kappa shape index (κ1) is 22.8. The Hall–Kier alpha value is -3.39. The summed E-state index contributed by atoms with van der Waals surface area (Å²) in [5.41, 5.74) is 4.61. The van der Waals surface area contributed by atoms with Gasteiger partial charge in [0, 0.05) is 30.9 Å². The smallest absolute Gasteiger partial charge is 0.328 e. The van der Waals surface area contributed by atoms with E-state index in [0.717, 1.165) is 28.8 Å². The zero-order valence-electron chi connectivity index (χ0n) is 19.0. The van der Waals surface area contributed by atoms with Gasteiger partial charge in [-0.3, -0.25) is 9.69 Å². The largest absolute Gasteiger partial charge is 0.464 e. The quantitative estimate of drug-likeness (QED) is 0.707. The van der Waals surface area contributed by atoms with Crippen molar-refractivity contribution < 1.29 is 23.9 Å². The van der Waals surface area contributed by atoms with Gasteiger partial charge < -0.3 is 19.7 Å². The highest BCUT2D eigenvalue weighted by Crippen LogP contribution is 2.32. The van der Waals surface area contributed by atoms with Gasteiger partial charge in [0.2, 0.25) is 0 Å². The summed E-state index contributed by atoms with van der Waals surface area (Å²) >= 11 is 0. The predicted octanol–water partition coefficient (Wildman–Crippen LogP) is 2.85. The molecule has 1 atom stereocenters. The monoisotopic (exact) mass is 451 g/mol. The van der Waals surface area contributed by atoms with E-state index >= 15 is 0 Å². The van der Waals surface area contributed by atoms with E-state index in [0.29, 0.717) is 38.4 Å². The maximum Gasteiger partial charge on any atom is 0.328 e. The van der Waals surface area contributed by atoms with Crippen LogP contribution >= 0.6 is 0 Å². The number of anilines is 1. The molecule has 2 heterocycles. The van der Waals surface area contributed by atoms with Crippen molar-refractivity contribution in [3.05, 3.63) is 53.6 Å². The Balaban J connectivity index is 1.44. The number of ether oxygens (including phenoxy) is 2. The van der Waals surface area contributed by atoms with Gasteiger partial charge in [-0.25, -0.2) is 9.59 Å². The second-order valence-corrected chi connectivity index (χ2v) is 8.15. The van der Waals surface area contributed by atoms with Crippen molar-refractivity contribution in [3.63, 3.8) is 0 Å². The predicted molar refractivity (Wildman–Crippen MR) is 124 cm³/mol. The molecule has 0 unspecified atom stereocenters. The summed E-state index contributed by atoms with van der Waals surface area (Å²) in [4.78, 5) is 40.6. The third-order valence-electron chi connectivity index (χ3n) is 5.96. The van der Waals surface area contributed by atoms with Gasteiger partial charge in [0.05, 0.1) is 19.8 Å². The lowest BCUT2D eigenvalue weighted by molar-refractivity contribution is -0.144. The molecule has 8 nitrogen and oxygen atoms in total. The zero-order valence-corrected chi connectivity index (χ0v) is 19.0. The molecule has 0 spiro atoms. The Labute approximate surface area is 193 Å². The maximum atomic E-state index is 12.7. The molecule has 2 aromatic rings. The number of fused-ring (bicyclic) bond motifs is 1. The van der Waals surface area contributed by atoms with E-state index in [-0.39, 0.29) is 18.5 Å². The Bertz CT molecular complexity index is 1030. The van der Waals surface area contributed by atoms with Crippen LogP contribution in [0.15, 0.2) is 42.5 Å². The summed E-state index contributed by atoms with van der Waals surface area (Å²) in [5.74, 6) is -0.423. The van der Waals surface area contributed by atoms with E-state index in [9.17, 15) is 14.4 Å². The van der Waals surface area contributed by atoms with Gasteiger partial charge in [-0.2, -0.15) is 0 Å². The lowest BCUT2D eigenvalue weighted by atomic mass is 10.0. The molecule has 1 fully saturated rings. The number of hydrogen-bond donors (Lipinski definition) is 1. The van der Waals surface area contributed by atoms with E-state index in [2.05, 4.69) is 11.4 Å². The van der Waals surface area contributed by atoms with Crippen LogP contribution in [-0.2, 0) is 20.7 Å². The first-order chi connectivity index (χ1) is 16.0. The standard InChI is InChI=1S/C25H29N3O5/c1-3-33-24(30)17(2)26-25(31)28-11-10-21-16-20(8-9-22(21)28)18-4-6-19(7-5-18)23(29)27-12-14-32-15-13-27/h4-9,16-17H,3,10-15H2,1-2H3,(H,26,31)/t17-/m0/s1. The molecule has 3 amide bonds. The number of hydrogen-bond acceptors (Lipinski definition) is 5. The molecule has 4 rings (SSSR count). The molecule has 0 saturated carbocycles. The Kier molecular flexibility index (Phi) is 6.93. The fourth-order valence-corrected chi connectivity index (χ4v) is 4.14. The fraction of sp³-hybridized carbons (Fsp3) is 0.400. The van der Waals surface area contributed by atoms with Gasteiger partial charge in [0.25, 0.3) is 5.91 Å². The molecule has 1 saturated heterocycles. The molecular formula is C25H29N3O5. The number of nitrogens with zero attached hydrogens (tertiary/aromatic N) is 2. The number of benzene rings is 2. The summed E-state index contributed by atoms with van der Waals surface area (Å²) in [5, 5.41) is 2.71. The van der Waals surface area contributed by atoms with Crippen LogP contribution in [0.2, 0.25) is 0 Å². The summed E-state index contributed by atoms with van der Waals surface area (Å²) in [6.45, 7) is 6.57. The topological polar surface area (TPSA) is 88.2 Å². The molecular weight excluding hydrogens is 422 g/mol. The summed E-state index contributed by atoms with van der Waals surface area (Å²) < 4.78 is 10.3. The Morgan fingerprint density at radius 1 is 1.03 bits per heavy atom. The number of nitrogens with one attached hydrogen (secondary N) is 1. The molecule has 2 aliphatic rings. The SMILES string of the molecule is CCOC(=O)[C@H](C)NC(=O)N1CCc2cc(-c3ccc(C(=O)N4CCOCC4)cc3)ccc21. The third kappa shape index (κ3) is 5.01. The van der Waals surface area contributed by atoms with Gasteiger partial charge in [-0.05, 0) is 61.2 Å². The molecule has 0 radical (unpaired) electrons. The van der Waals surface area contributed by atoms with Crippen LogP contribution in [0.25, 0.3) is 11.1 Å². The van der Waals surface area contributed by atoms with Crippen LogP contribution in [0.4, 0.5) is 10.5 Å². The van der Waals surface area contributed by atoms with Gasteiger partial charge in [-0.15, -0.1) is 0 Å². The lowest BCUT2D eigenvalue weighted by Crippen LogP contribution is -2.46. The van der Waals surface area contributed by atoms with E-state index in [1.165, 1.54) is 0 Å². The highest BCUT2D eigenvalue weighted by atomic mass is 16.5.